The van der Waals surface area contributed by atoms with Crippen LogP contribution in [0.5, 0.6) is 0 Å². The van der Waals surface area contributed by atoms with E-state index >= 15 is 0 Å². The fourth-order valence-electron chi connectivity index (χ4n) is 1.76. The summed E-state index contributed by atoms with van der Waals surface area (Å²) in [5, 5.41) is 0.761. The van der Waals surface area contributed by atoms with Crippen molar-refractivity contribution in [2.24, 2.45) is 5.73 Å². The van der Waals surface area contributed by atoms with Gasteiger partial charge in [0.05, 0.1) is 0 Å². The minimum Gasteiger partial charge on any atom is -0.324 e. The average Bonchev–Trinajstić information content (AvgIpc) is 2.38. The van der Waals surface area contributed by atoms with Gasteiger partial charge in [0.2, 0.25) is 0 Å². The van der Waals surface area contributed by atoms with Gasteiger partial charge in [0.1, 0.15) is 0 Å². The first kappa shape index (κ1) is 13.5. The molecule has 0 aliphatic heterocycles. The third kappa shape index (κ3) is 3.29. The molecule has 1 nitrogen and oxygen atoms in total. The number of halogens is 1. The van der Waals surface area contributed by atoms with Gasteiger partial charge in [-0.05, 0) is 36.2 Å². The smallest absolute Gasteiger partial charge is 0.0417 e. The Morgan fingerprint density at radius 2 is 1.94 bits per heavy atom. The lowest BCUT2D eigenvalue weighted by Gasteiger charge is -2.14. The number of hydrogen-bond acceptors (Lipinski definition) is 2. The summed E-state index contributed by atoms with van der Waals surface area (Å²) in [5.74, 6) is 0. The molecule has 0 radical (unpaired) electrons. The molecule has 0 aromatic heterocycles. The molecule has 0 amide bonds. The van der Waals surface area contributed by atoms with Crippen LogP contribution in [0.2, 0.25) is 5.02 Å². The lowest BCUT2D eigenvalue weighted by molar-refractivity contribution is 0.685. The maximum Gasteiger partial charge on any atom is 0.0417 e. The Hall–Kier alpha value is -0.960. The van der Waals surface area contributed by atoms with Gasteiger partial charge in [0.25, 0.3) is 0 Å². The molecule has 94 valence electrons. The number of benzene rings is 2. The van der Waals surface area contributed by atoms with Crippen LogP contribution in [-0.2, 0) is 0 Å². The first-order valence-corrected chi connectivity index (χ1v) is 7.18. The molecule has 0 aliphatic carbocycles. The van der Waals surface area contributed by atoms with Crippen LogP contribution in [0, 0.1) is 0 Å². The third-order valence-electron chi connectivity index (χ3n) is 2.78. The van der Waals surface area contributed by atoms with Crippen molar-refractivity contribution in [3.8, 4) is 0 Å². The monoisotopic (exact) mass is 277 g/mol. The highest BCUT2D eigenvalue weighted by molar-refractivity contribution is 7.99. The van der Waals surface area contributed by atoms with Gasteiger partial charge in [-0.3, -0.25) is 0 Å². The minimum atomic E-state index is 0.0906. The van der Waals surface area contributed by atoms with E-state index < -0.39 is 0 Å². The fourth-order valence-corrected chi connectivity index (χ4v) is 3.08. The fraction of sp³-hybridized carbons (Fsp3) is 0.200. The molecular formula is C15H16ClNS. The highest BCUT2D eigenvalue weighted by Crippen LogP contribution is 2.34. The summed E-state index contributed by atoms with van der Waals surface area (Å²) in [6.45, 7) is 2.10. The van der Waals surface area contributed by atoms with Gasteiger partial charge < -0.3 is 5.73 Å². The zero-order valence-electron chi connectivity index (χ0n) is 10.3. The second-order valence-electron chi connectivity index (χ2n) is 4.11. The van der Waals surface area contributed by atoms with Crippen LogP contribution < -0.4 is 5.73 Å². The molecule has 2 N–H and O–H groups in total. The summed E-state index contributed by atoms with van der Waals surface area (Å²) < 4.78 is 0. The predicted molar refractivity (Wildman–Crippen MR) is 79.2 cm³/mol. The van der Waals surface area contributed by atoms with Crippen molar-refractivity contribution >= 4 is 23.4 Å². The Balaban J connectivity index is 2.29. The second kappa shape index (κ2) is 6.28. The van der Waals surface area contributed by atoms with Gasteiger partial charge in [0, 0.05) is 20.9 Å². The van der Waals surface area contributed by atoms with Crippen molar-refractivity contribution in [3.63, 3.8) is 0 Å². The van der Waals surface area contributed by atoms with Crippen molar-refractivity contribution < 1.29 is 0 Å². The van der Waals surface area contributed by atoms with Crippen LogP contribution in [0.25, 0.3) is 0 Å². The molecular weight excluding hydrogens is 262 g/mol. The van der Waals surface area contributed by atoms with Crippen LogP contribution in [0.1, 0.15) is 24.9 Å². The maximum absolute atomic E-state index is 6.14. The topological polar surface area (TPSA) is 26.0 Å². The molecule has 0 saturated heterocycles. The van der Waals surface area contributed by atoms with Crippen LogP contribution in [0.15, 0.2) is 58.3 Å². The van der Waals surface area contributed by atoms with E-state index in [1.165, 1.54) is 10.5 Å². The molecule has 2 aromatic rings. The number of rotatable bonds is 4. The van der Waals surface area contributed by atoms with E-state index in [-0.39, 0.29) is 6.04 Å². The molecule has 2 aromatic carbocycles. The number of nitrogens with two attached hydrogens (primary N) is 1. The van der Waals surface area contributed by atoms with Crippen LogP contribution in [0.3, 0.4) is 0 Å². The summed E-state index contributed by atoms with van der Waals surface area (Å²) in [6, 6.07) is 16.3. The molecule has 0 bridgehead atoms. The van der Waals surface area contributed by atoms with Crippen LogP contribution in [0.4, 0.5) is 0 Å². The van der Waals surface area contributed by atoms with Gasteiger partial charge in [-0.2, -0.15) is 0 Å². The largest absolute Gasteiger partial charge is 0.324 e. The Morgan fingerprint density at radius 3 is 2.67 bits per heavy atom. The van der Waals surface area contributed by atoms with Gasteiger partial charge in [-0.1, -0.05) is 54.6 Å². The van der Waals surface area contributed by atoms with Crippen molar-refractivity contribution in [2.45, 2.75) is 29.2 Å². The summed E-state index contributed by atoms with van der Waals surface area (Å²) in [6.07, 6.45) is 0.938. The van der Waals surface area contributed by atoms with E-state index in [0.717, 1.165) is 16.3 Å². The summed E-state index contributed by atoms with van der Waals surface area (Å²) in [4.78, 5) is 2.34. The van der Waals surface area contributed by atoms with E-state index in [4.69, 9.17) is 17.3 Å². The van der Waals surface area contributed by atoms with Gasteiger partial charge in [0.15, 0.2) is 0 Å². The van der Waals surface area contributed by atoms with E-state index in [9.17, 15) is 0 Å². The van der Waals surface area contributed by atoms with E-state index in [1.54, 1.807) is 11.8 Å². The van der Waals surface area contributed by atoms with E-state index in [0.29, 0.717) is 0 Å². The third-order valence-corrected chi connectivity index (χ3v) is 4.10. The molecule has 0 fully saturated rings. The highest BCUT2D eigenvalue weighted by Gasteiger charge is 2.09. The normalized spacial score (nSPS) is 12.4. The number of hydrogen-bond donors (Lipinski definition) is 1. The van der Waals surface area contributed by atoms with Crippen molar-refractivity contribution in [1.29, 1.82) is 0 Å². The van der Waals surface area contributed by atoms with Crippen molar-refractivity contribution in [3.05, 3.63) is 59.1 Å². The molecule has 3 heteroatoms. The van der Waals surface area contributed by atoms with Crippen molar-refractivity contribution in [2.75, 3.05) is 0 Å². The molecule has 1 atom stereocenters. The summed E-state index contributed by atoms with van der Waals surface area (Å²) in [7, 11) is 0. The maximum atomic E-state index is 6.14. The summed E-state index contributed by atoms with van der Waals surface area (Å²) >= 11 is 7.71. The lowest BCUT2D eigenvalue weighted by Crippen LogP contribution is -2.09. The molecule has 0 aliphatic rings. The van der Waals surface area contributed by atoms with Crippen molar-refractivity contribution in [1.82, 2.24) is 0 Å². The Kier molecular flexibility index (Phi) is 4.70. The zero-order valence-corrected chi connectivity index (χ0v) is 11.8. The van der Waals surface area contributed by atoms with Gasteiger partial charge in [-0.15, -0.1) is 0 Å². The quantitative estimate of drug-likeness (QED) is 0.860. The molecule has 0 spiro atoms. The average molecular weight is 278 g/mol. The Bertz CT molecular complexity index is 527. The van der Waals surface area contributed by atoms with Crippen LogP contribution >= 0.6 is 23.4 Å². The second-order valence-corrected chi connectivity index (χ2v) is 5.66. The van der Waals surface area contributed by atoms with E-state index in [2.05, 4.69) is 25.1 Å². The lowest BCUT2D eigenvalue weighted by atomic mass is 10.1. The van der Waals surface area contributed by atoms with Gasteiger partial charge in [-0.25, -0.2) is 0 Å². The standard InChI is InChI=1S/C15H16ClNS/c1-2-14(17)13-8-3-4-9-15(13)18-12-7-5-6-11(16)10-12/h3-10,14H,2,17H2,1H3. The Morgan fingerprint density at radius 1 is 1.17 bits per heavy atom. The SMILES string of the molecule is CCC(N)c1ccccc1Sc1cccc(Cl)c1. The zero-order chi connectivity index (χ0) is 13.0. The van der Waals surface area contributed by atoms with Crippen LogP contribution in [-0.4, -0.2) is 0 Å². The predicted octanol–water partition coefficient (Wildman–Crippen LogP) is 4.90. The molecule has 2 rings (SSSR count). The first-order chi connectivity index (χ1) is 8.70. The highest BCUT2D eigenvalue weighted by atomic mass is 35.5. The van der Waals surface area contributed by atoms with E-state index in [1.807, 2.05) is 30.3 Å². The summed E-state index contributed by atoms with van der Waals surface area (Å²) in [5.41, 5.74) is 7.34. The minimum absolute atomic E-state index is 0.0906. The Labute approximate surface area is 117 Å². The molecule has 0 saturated carbocycles. The molecule has 1 unspecified atom stereocenters. The molecule has 18 heavy (non-hydrogen) atoms. The van der Waals surface area contributed by atoms with Gasteiger partial charge >= 0.3 is 0 Å². The molecule has 0 heterocycles. The first-order valence-electron chi connectivity index (χ1n) is 5.98.